The molecule has 3 amide bonds. The Morgan fingerprint density at radius 1 is 1.23 bits per heavy atom. The molecule has 3 aliphatic heterocycles. The number of esters is 1. The number of alkyl halides is 2. The van der Waals surface area contributed by atoms with E-state index in [1.807, 2.05) is 13.8 Å². The molecule has 0 unspecified atom stereocenters. The Balaban J connectivity index is 1.65. The largest absolute Gasteiger partial charge is 0.461 e. The first-order valence-corrected chi connectivity index (χ1v) is 15.5. The second-order valence-electron chi connectivity index (χ2n) is 12.2. The van der Waals surface area contributed by atoms with E-state index in [0.29, 0.717) is 36.5 Å². The summed E-state index contributed by atoms with van der Waals surface area (Å²) in [5, 5.41) is 8.90. The third kappa shape index (κ3) is 7.86. The van der Waals surface area contributed by atoms with Crippen molar-refractivity contribution in [1.29, 1.82) is 0 Å². The van der Waals surface area contributed by atoms with Gasteiger partial charge in [-0.2, -0.15) is 4.39 Å². The molecule has 5 rings (SSSR count). The molecule has 13 heteroatoms. The van der Waals surface area contributed by atoms with Crippen molar-refractivity contribution in [3.63, 3.8) is 0 Å². The monoisotopic (exact) mass is 640 g/mol. The Kier molecular flexibility index (Phi) is 10.9. The first-order chi connectivity index (χ1) is 20.8. The standard InChI is InChI=1S/C31H40ClF3N4O5/c1-4-44-30(43)24(33)15-21(13-18-10-11-36-27(18)40)38-28(41)26-23-9-8-22(16-31(23,34)35)39(26)29(42)25(12-17(2)3)37-20-7-5-6-19(32)14-20/h5-7,14-15,17-18,21-23,25-26,37H,4,8-13,16H2,1-3H3,(H,36,40)(H,38,41)/b24-15-/t18-,21+,22+,23+,25-,26+/m0/s1. The van der Waals surface area contributed by atoms with E-state index >= 15 is 8.78 Å². The molecule has 3 heterocycles. The number of hydrogen-bond donors (Lipinski definition) is 3. The maximum atomic E-state index is 15.3. The van der Waals surface area contributed by atoms with Crippen LogP contribution in [0.4, 0.5) is 18.9 Å². The normalized spacial score (nSPS) is 25.8. The fourth-order valence-corrected chi connectivity index (χ4v) is 6.72. The van der Waals surface area contributed by atoms with E-state index in [0.717, 1.165) is 6.08 Å². The molecular formula is C31H40ClF3N4O5. The third-order valence-corrected chi connectivity index (χ3v) is 8.71. The first-order valence-electron chi connectivity index (χ1n) is 15.1. The van der Waals surface area contributed by atoms with Gasteiger partial charge in [0.15, 0.2) is 0 Å². The van der Waals surface area contributed by atoms with Crippen LogP contribution in [0.1, 0.15) is 59.3 Å². The van der Waals surface area contributed by atoms with Crippen molar-refractivity contribution >= 4 is 41.0 Å². The van der Waals surface area contributed by atoms with Crippen LogP contribution < -0.4 is 16.0 Å². The van der Waals surface area contributed by atoms with Crippen LogP contribution in [0.5, 0.6) is 0 Å². The Morgan fingerprint density at radius 2 is 1.98 bits per heavy atom. The summed E-state index contributed by atoms with van der Waals surface area (Å²) in [6.07, 6.45) is 1.32. The second kappa shape index (κ2) is 14.2. The lowest BCUT2D eigenvalue weighted by Crippen LogP contribution is -2.70. The van der Waals surface area contributed by atoms with Crippen LogP contribution in [0, 0.1) is 17.8 Å². The summed E-state index contributed by atoms with van der Waals surface area (Å²) in [5.41, 5.74) is 0.569. The lowest BCUT2D eigenvalue weighted by molar-refractivity contribution is -0.194. The van der Waals surface area contributed by atoms with Gasteiger partial charge in [0, 0.05) is 35.6 Å². The van der Waals surface area contributed by atoms with Gasteiger partial charge in [-0.05, 0) is 69.2 Å². The maximum Gasteiger partial charge on any atom is 0.366 e. The number of piperidine rings is 2. The zero-order chi connectivity index (χ0) is 32.2. The van der Waals surface area contributed by atoms with Crippen molar-refractivity contribution in [2.45, 2.75) is 89.4 Å². The molecule has 2 bridgehead atoms. The van der Waals surface area contributed by atoms with Gasteiger partial charge in [-0.25, -0.2) is 13.6 Å². The molecule has 0 aromatic heterocycles. The van der Waals surface area contributed by atoms with Gasteiger partial charge in [0.25, 0.3) is 5.92 Å². The predicted molar refractivity (Wildman–Crippen MR) is 159 cm³/mol. The van der Waals surface area contributed by atoms with E-state index in [2.05, 4.69) is 16.0 Å². The number of benzene rings is 1. The molecule has 6 atom stereocenters. The fourth-order valence-electron chi connectivity index (χ4n) is 6.53. The number of hydrogen-bond acceptors (Lipinski definition) is 6. The molecule has 4 fully saturated rings. The van der Waals surface area contributed by atoms with Crippen molar-refractivity contribution in [2.24, 2.45) is 17.8 Å². The zero-order valence-corrected chi connectivity index (χ0v) is 25.8. The zero-order valence-electron chi connectivity index (χ0n) is 25.1. The highest BCUT2D eigenvalue weighted by Crippen LogP contribution is 2.49. The lowest BCUT2D eigenvalue weighted by Gasteiger charge is -2.54. The predicted octanol–water partition coefficient (Wildman–Crippen LogP) is 4.61. The summed E-state index contributed by atoms with van der Waals surface area (Å²) in [6.45, 7) is 5.67. The Bertz CT molecular complexity index is 1280. The van der Waals surface area contributed by atoms with Crippen LogP contribution in [0.3, 0.4) is 0 Å². The summed E-state index contributed by atoms with van der Waals surface area (Å²) in [4.78, 5) is 53.7. The van der Waals surface area contributed by atoms with Gasteiger partial charge in [0.1, 0.15) is 12.1 Å². The molecule has 1 aromatic carbocycles. The van der Waals surface area contributed by atoms with Crippen molar-refractivity contribution in [3.05, 3.63) is 41.2 Å². The van der Waals surface area contributed by atoms with Crippen molar-refractivity contribution in [1.82, 2.24) is 15.5 Å². The fraction of sp³-hybridized carbons (Fsp3) is 0.613. The maximum absolute atomic E-state index is 15.3. The molecule has 9 nitrogen and oxygen atoms in total. The van der Waals surface area contributed by atoms with E-state index in [4.69, 9.17) is 16.3 Å². The number of ether oxygens (including phenoxy) is 1. The molecule has 242 valence electrons. The highest BCUT2D eigenvalue weighted by molar-refractivity contribution is 6.30. The number of nitrogens with one attached hydrogen (secondary N) is 3. The Hall–Kier alpha value is -3.28. The average Bonchev–Trinajstić information content (AvgIpc) is 3.35. The number of halogens is 4. The van der Waals surface area contributed by atoms with E-state index in [-0.39, 0.29) is 31.3 Å². The SMILES string of the molecule is CCOC(=O)/C(F)=C/[C@@H](C[C@@H]1CCNC1=O)NC(=O)[C@H]1[C@H]2CC[C@H](CC2(F)F)N1C(=O)[C@H](CC(C)C)Nc1cccc(Cl)c1. The number of carbonyl (C=O) groups is 4. The summed E-state index contributed by atoms with van der Waals surface area (Å²) in [5.74, 6) is -9.42. The van der Waals surface area contributed by atoms with Crippen molar-refractivity contribution < 1.29 is 37.1 Å². The minimum absolute atomic E-state index is 0.0266. The molecule has 0 radical (unpaired) electrons. The molecule has 1 aliphatic carbocycles. The summed E-state index contributed by atoms with van der Waals surface area (Å²) in [7, 11) is 0. The highest BCUT2D eigenvalue weighted by Gasteiger charge is 2.61. The number of amides is 3. The lowest BCUT2D eigenvalue weighted by atomic mass is 9.71. The van der Waals surface area contributed by atoms with Crippen molar-refractivity contribution in [3.8, 4) is 0 Å². The molecular weight excluding hydrogens is 601 g/mol. The smallest absolute Gasteiger partial charge is 0.366 e. The van der Waals surface area contributed by atoms with Gasteiger partial charge in [-0.3, -0.25) is 14.4 Å². The molecule has 4 aliphatic rings. The minimum atomic E-state index is -3.21. The number of rotatable bonds is 12. The second-order valence-corrected chi connectivity index (χ2v) is 12.6. The van der Waals surface area contributed by atoms with E-state index < -0.39 is 72.0 Å². The molecule has 1 saturated carbocycles. The quantitative estimate of drug-likeness (QED) is 0.227. The molecule has 1 aromatic rings. The third-order valence-electron chi connectivity index (χ3n) is 8.48. The Labute approximate surface area is 260 Å². The van der Waals surface area contributed by atoms with Crippen molar-refractivity contribution in [2.75, 3.05) is 18.5 Å². The van der Waals surface area contributed by atoms with Crippen LogP contribution in [-0.2, 0) is 23.9 Å². The van der Waals surface area contributed by atoms with Gasteiger partial charge in [-0.15, -0.1) is 0 Å². The summed E-state index contributed by atoms with van der Waals surface area (Å²) in [6, 6.07) is 2.33. The summed E-state index contributed by atoms with van der Waals surface area (Å²) >= 11 is 6.14. The van der Waals surface area contributed by atoms with Gasteiger partial charge in [0.2, 0.25) is 23.5 Å². The molecule has 3 saturated heterocycles. The van der Waals surface area contributed by atoms with Crippen LogP contribution in [0.2, 0.25) is 5.02 Å². The average molecular weight is 641 g/mol. The van der Waals surface area contributed by atoms with Crippen LogP contribution >= 0.6 is 11.6 Å². The minimum Gasteiger partial charge on any atom is -0.461 e. The van der Waals surface area contributed by atoms with E-state index in [1.54, 1.807) is 24.3 Å². The number of anilines is 1. The highest BCUT2D eigenvalue weighted by atomic mass is 35.5. The van der Waals surface area contributed by atoms with Gasteiger partial charge < -0.3 is 25.6 Å². The Morgan fingerprint density at radius 3 is 2.59 bits per heavy atom. The molecule has 0 spiro atoms. The first kappa shape index (κ1) is 33.6. The number of carbonyl (C=O) groups excluding carboxylic acids is 4. The van der Waals surface area contributed by atoms with E-state index in [9.17, 15) is 23.6 Å². The molecule has 44 heavy (non-hydrogen) atoms. The topological polar surface area (TPSA) is 117 Å². The van der Waals surface area contributed by atoms with Crippen LogP contribution in [0.25, 0.3) is 0 Å². The van der Waals surface area contributed by atoms with Gasteiger partial charge in [-0.1, -0.05) is 31.5 Å². The number of nitrogens with zero attached hydrogens (tertiary/aromatic N) is 1. The van der Waals surface area contributed by atoms with Crippen LogP contribution in [0.15, 0.2) is 36.2 Å². The van der Waals surface area contributed by atoms with Gasteiger partial charge in [0.05, 0.1) is 18.6 Å². The summed E-state index contributed by atoms with van der Waals surface area (Å²) < 4.78 is 50.1. The molecule has 3 N–H and O–H groups in total. The van der Waals surface area contributed by atoms with Gasteiger partial charge >= 0.3 is 5.97 Å². The number of fused-ring (bicyclic) bond motifs is 3. The van der Waals surface area contributed by atoms with Crippen LogP contribution in [-0.4, -0.2) is 71.8 Å². The van der Waals surface area contributed by atoms with E-state index in [1.165, 1.54) is 11.8 Å².